The van der Waals surface area contributed by atoms with Crippen LogP contribution < -0.4 is 5.32 Å². The summed E-state index contributed by atoms with van der Waals surface area (Å²) in [6, 6.07) is 18.7. The van der Waals surface area contributed by atoms with E-state index in [0.717, 1.165) is 11.1 Å². The normalized spacial score (nSPS) is 11.5. The predicted octanol–water partition coefficient (Wildman–Crippen LogP) is 2.52. The van der Waals surface area contributed by atoms with E-state index in [-0.39, 0.29) is 5.91 Å². The van der Waals surface area contributed by atoms with Gasteiger partial charge in [-0.1, -0.05) is 60.7 Å². The number of carbonyl (C=O) groups is 2. The number of hydrogen-bond acceptors (Lipinski definition) is 3. The average molecular weight is 311 g/mol. The van der Waals surface area contributed by atoms with Crippen LogP contribution in [0.25, 0.3) is 0 Å². The van der Waals surface area contributed by atoms with Crippen molar-refractivity contribution in [3.63, 3.8) is 0 Å². The molecule has 0 aromatic heterocycles. The smallest absolute Gasteiger partial charge is 0.328 e. The van der Waals surface area contributed by atoms with Gasteiger partial charge in [-0.3, -0.25) is 4.79 Å². The molecule has 23 heavy (non-hydrogen) atoms. The van der Waals surface area contributed by atoms with Gasteiger partial charge < -0.3 is 10.1 Å². The Balaban J connectivity index is 1.91. The molecule has 0 aliphatic carbocycles. The summed E-state index contributed by atoms with van der Waals surface area (Å²) in [6.07, 6.45) is 1.41. The fourth-order valence-corrected chi connectivity index (χ4v) is 2.35. The van der Waals surface area contributed by atoms with E-state index in [1.807, 2.05) is 60.7 Å². The summed E-state index contributed by atoms with van der Waals surface area (Å²) in [4.78, 5) is 24.0. The van der Waals surface area contributed by atoms with Crippen LogP contribution in [0.15, 0.2) is 60.7 Å². The van der Waals surface area contributed by atoms with Gasteiger partial charge in [0.25, 0.3) is 0 Å². The summed E-state index contributed by atoms with van der Waals surface area (Å²) >= 11 is 0. The van der Waals surface area contributed by atoms with E-state index in [2.05, 4.69) is 5.32 Å². The molecule has 1 amide bonds. The molecule has 0 bridgehead atoms. The molecule has 4 heteroatoms. The molecule has 1 atom stereocenters. The molecule has 0 fully saturated rings. The van der Waals surface area contributed by atoms with E-state index in [1.165, 1.54) is 7.11 Å². The summed E-state index contributed by atoms with van der Waals surface area (Å²) in [5, 5.41) is 2.77. The fourth-order valence-electron chi connectivity index (χ4n) is 2.35. The maximum atomic E-state index is 12.1. The zero-order chi connectivity index (χ0) is 16.5. The van der Waals surface area contributed by atoms with Crippen molar-refractivity contribution in [2.75, 3.05) is 7.11 Å². The first-order valence-corrected chi connectivity index (χ1v) is 7.64. The molecule has 0 aliphatic heterocycles. The van der Waals surface area contributed by atoms with Crippen molar-refractivity contribution in [3.05, 3.63) is 71.8 Å². The maximum absolute atomic E-state index is 12.1. The Morgan fingerprint density at radius 1 is 0.957 bits per heavy atom. The highest BCUT2D eigenvalue weighted by Gasteiger charge is 2.21. The lowest BCUT2D eigenvalue weighted by Crippen LogP contribution is -2.43. The third-order valence-electron chi connectivity index (χ3n) is 3.59. The molecule has 0 heterocycles. The van der Waals surface area contributed by atoms with Crippen LogP contribution in [0.1, 0.15) is 17.5 Å². The SMILES string of the molecule is COC(=O)[C@H](Cc1ccccc1)NC(=O)CCc1ccccc1. The molecule has 0 radical (unpaired) electrons. The number of amides is 1. The van der Waals surface area contributed by atoms with Crippen LogP contribution in [0.2, 0.25) is 0 Å². The molecule has 2 aromatic carbocycles. The monoisotopic (exact) mass is 311 g/mol. The quantitative estimate of drug-likeness (QED) is 0.799. The molecule has 120 valence electrons. The first-order valence-electron chi connectivity index (χ1n) is 7.64. The molecular weight excluding hydrogens is 290 g/mol. The largest absolute Gasteiger partial charge is 0.467 e. The van der Waals surface area contributed by atoms with Crippen molar-refractivity contribution < 1.29 is 14.3 Å². The minimum absolute atomic E-state index is 0.153. The average Bonchev–Trinajstić information content (AvgIpc) is 2.60. The number of benzene rings is 2. The second-order valence-corrected chi connectivity index (χ2v) is 5.32. The number of aryl methyl sites for hydroxylation is 1. The van der Waals surface area contributed by atoms with Crippen molar-refractivity contribution in [2.24, 2.45) is 0 Å². The van der Waals surface area contributed by atoms with Gasteiger partial charge in [0, 0.05) is 12.8 Å². The van der Waals surface area contributed by atoms with Crippen LogP contribution in [0.4, 0.5) is 0 Å². The Morgan fingerprint density at radius 3 is 2.09 bits per heavy atom. The van der Waals surface area contributed by atoms with E-state index < -0.39 is 12.0 Å². The van der Waals surface area contributed by atoms with Crippen molar-refractivity contribution in [3.8, 4) is 0 Å². The lowest BCUT2D eigenvalue weighted by atomic mass is 10.1. The van der Waals surface area contributed by atoms with Crippen LogP contribution in [0, 0.1) is 0 Å². The van der Waals surface area contributed by atoms with E-state index in [9.17, 15) is 9.59 Å². The Morgan fingerprint density at radius 2 is 1.52 bits per heavy atom. The van der Waals surface area contributed by atoms with Gasteiger partial charge in [0.1, 0.15) is 6.04 Å². The highest BCUT2D eigenvalue weighted by atomic mass is 16.5. The highest BCUT2D eigenvalue weighted by Crippen LogP contribution is 2.06. The van der Waals surface area contributed by atoms with Gasteiger partial charge in [0.05, 0.1) is 7.11 Å². The molecule has 0 unspecified atom stereocenters. The third-order valence-corrected chi connectivity index (χ3v) is 3.59. The summed E-state index contributed by atoms with van der Waals surface area (Å²) in [5.41, 5.74) is 2.08. The van der Waals surface area contributed by atoms with E-state index in [1.54, 1.807) is 0 Å². The van der Waals surface area contributed by atoms with Crippen molar-refractivity contribution in [2.45, 2.75) is 25.3 Å². The molecule has 1 N–H and O–H groups in total. The van der Waals surface area contributed by atoms with Gasteiger partial charge >= 0.3 is 5.97 Å². The third kappa shape index (κ3) is 5.58. The van der Waals surface area contributed by atoms with Gasteiger partial charge in [0.2, 0.25) is 5.91 Å². The minimum atomic E-state index is -0.661. The van der Waals surface area contributed by atoms with E-state index in [4.69, 9.17) is 4.74 Å². The zero-order valence-corrected chi connectivity index (χ0v) is 13.2. The van der Waals surface area contributed by atoms with E-state index >= 15 is 0 Å². The zero-order valence-electron chi connectivity index (χ0n) is 13.2. The second kappa shape index (κ2) is 8.73. The summed E-state index contributed by atoms with van der Waals surface area (Å²) in [7, 11) is 1.33. The molecular formula is C19H21NO3. The number of rotatable bonds is 7. The van der Waals surface area contributed by atoms with Gasteiger partial charge in [-0.15, -0.1) is 0 Å². The molecule has 0 saturated heterocycles. The Bertz CT molecular complexity index is 626. The Hall–Kier alpha value is -2.62. The minimum Gasteiger partial charge on any atom is -0.467 e. The molecule has 4 nitrogen and oxygen atoms in total. The maximum Gasteiger partial charge on any atom is 0.328 e. The number of carbonyl (C=O) groups excluding carboxylic acids is 2. The van der Waals surface area contributed by atoms with Gasteiger partial charge in [-0.2, -0.15) is 0 Å². The topological polar surface area (TPSA) is 55.4 Å². The summed E-state index contributed by atoms with van der Waals surface area (Å²) in [6.45, 7) is 0. The first-order chi connectivity index (χ1) is 11.2. The number of ether oxygens (including phenoxy) is 1. The lowest BCUT2D eigenvalue weighted by Gasteiger charge is -2.16. The number of nitrogens with one attached hydrogen (secondary N) is 1. The van der Waals surface area contributed by atoms with Crippen molar-refractivity contribution >= 4 is 11.9 Å². The van der Waals surface area contributed by atoms with Crippen LogP contribution in [-0.4, -0.2) is 25.0 Å². The van der Waals surface area contributed by atoms with Crippen molar-refractivity contribution in [1.29, 1.82) is 0 Å². The van der Waals surface area contributed by atoms with Gasteiger partial charge in [-0.05, 0) is 17.5 Å². The summed E-state index contributed by atoms with van der Waals surface area (Å²) < 4.78 is 4.79. The highest BCUT2D eigenvalue weighted by molar-refractivity contribution is 5.84. The lowest BCUT2D eigenvalue weighted by molar-refractivity contribution is -0.145. The van der Waals surface area contributed by atoms with Crippen LogP contribution in [0.5, 0.6) is 0 Å². The van der Waals surface area contributed by atoms with Gasteiger partial charge in [-0.25, -0.2) is 4.79 Å². The summed E-state index contributed by atoms with van der Waals surface area (Å²) in [5.74, 6) is -0.581. The predicted molar refractivity (Wildman–Crippen MR) is 88.9 cm³/mol. The molecule has 0 saturated carbocycles. The number of esters is 1. The van der Waals surface area contributed by atoms with Crippen molar-refractivity contribution in [1.82, 2.24) is 5.32 Å². The first kappa shape index (κ1) is 16.7. The number of methoxy groups -OCH3 is 1. The van der Waals surface area contributed by atoms with E-state index in [0.29, 0.717) is 19.3 Å². The Labute approximate surface area is 136 Å². The molecule has 0 aliphatic rings. The molecule has 0 spiro atoms. The fraction of sp³-hybridized carbons (Fsp3) is 0.263. The van der Waals surface area contributed by atoms with Crippen LogP contribution in [0.3, 0.4) is 0 Å². The van der Waals surface area contributed by atoms with Crippen LogP contribution >= 0.6 is 0 Å². The Kier molecular flexibility index (Phi) is 6.36. The molecule has 2 rings (SSSR count). The number of hydrogen-bond donors (Lipinski definition) is 1. The second-order valence-electron chi connectivity index (χ2n) is 5.32. The molecule has 2 aromatic rings. The standard InChI is InChI=1S/C19H21NO3/c1-23-19(22)17(14-16-10-6-3-7-11-16)20-18(21)13-12-15-8-4-2-5-9-15/h2-11,17H,12-14H2,1H3,(H,20,21)/t17-/m0/s1. The van der Waals surface area contributed by atoms with Crippen LogP contribution in [-0.2, 0) is 27.2 Å². The van der Waals surface area contributed by atoms with Gasteiger partial charge in [0.15, 0.2) is 0 Å².